The highest BCUT2D eigenvalue weighted by atomic mass is 79.9. The minimum Gasteiger partial charge on any atom is -0.426 e. The Morgan fingerprint density at radius 3 is 2.00 bits per heavy atom. The summed E-state index contributed by atoms with van der Waals surface area (Å²) in [5.41, 5.74) is 4.26. The number of aryl methyl sites for hydroxylation is 1. The first-order valence-corrected chi connectivity index (χ1v) is 12.3. The maximum absolute atomic E-state index is 13.2. The summed E-state index contributed by atoms with van der Waals surface area (Å²) in [4.78, 5) is 13.2. The Kier molecular flexibility index (Phi) is 7.26. The van der Waals surface area contributed by atoms with Gasteiger partial charge in [-0.15, -0.1) is 0 Å². The van der Waals surface area contributed by atoms with E-state index in [1.165, 1.54) is 5.56 Å². The normalized spacial score (nSPS) is 20.8. The SMILES string of the molecule is Cc1cc(C(C)(C)C)c(OC(=O)C2C(C)C2COCc2ccc(Br)cc2)c(C(C)(C)C)c1. The summed E-state index contributed by atoms with van der Waals surface area (Å²) in [6.07, 6.45) is 0. The molecule has 3 atom stereocenters. The number of carbonyl (C=O) groups excluding carboxylic acids is 1. The molecule has 0 spiro atoms. The van der Waals surface area contributed by atoms with Gasteiger partial charge in [0.25, 0.3) is 0 Å². The van der Waals surface area contributed by atoms with Crippen molar-refractivity contribution in [2.24, 2.45) is 17.8 Å². The smallest absolute Gasteiger partial charge is 0.315 e. The summed E-state index contributed by atoms with van der Waals surface area (Å²) in [6.45, 7) is 18.4. The largest absolute Gasteiger partial charge is 0.426 e. The third-order valence-corrected chi connectivity index (χ3v) is 6.91. The van der Waals surface area contributed by atoms with Gasteiger partial charge >= 0.3 is 5.97 Å². The Labute approximate surface area is 202 Å². The fourth-order valence-electron chi connectivity index (χ4n) is 4.25. The number of carbonyl (C=O) groups is 1. The van der Waals surface area contributed by atoms with Crippen LogP contribution in [0.25, 0.3) is 0 Å². The lowest BCUT2D eigenvalue weighted by molar-refractivity contribution is -0.136. The molecule has 0 N–H and O–H groups in total. The van der Waals surface area contributed by atoms with E-state index in [-0.39, 0.29) is 34.6 Å². The molecule has 0 saturated heterocycles. The molecule has 0 radical (unpaired) electrons. The third kappa shape index (κ3) is 5.82. The molecule has 2 aromatic rings. The van der Waals surface area contributed by atoms with Gasteiger partial charge in [0.15, 0.2) is 0 Å². The quantitative estimate of drug-likeness (QED) is 0.307. The zero-order chi connectivity index (χ0) is 23.8. The van der Waals surface area contributed by atoms with E-state index in [0.29, 0.717) is 13.2 Å². The van der Waals surface area contributed by atoms with Gasteiger partial charge in [-0.25, -0.2) is 0 Å². The van der Waals surface area contributed by atoms with Gasteiger partial charge in [0, 0.05) is 15.6 Å². The summed E-state index contributed by atoms with van der Waals surface area (Å²) in [7, 11) is 0. The third-order valence-electron chi connectivity index (χ3n) is 6.38. The predicted molar refractivity (Wildman–Crippen MR) is 134 cm³/mol. The second-order valence-electron chi connectivity index (χ2n) is 11.3. The second-order valence-corrected chi connectivity index (χ2v) is 12.2. The van der Waals surface area contributed by atoms with Crippen LogP contribution in [0.4, 0.5) is 0 Å². The number of esters is 1. The predicted octanol–water partition coefficient (Wildman–Crippen LogP) is 7.36. The van der Waals surface area contributed by atoms with Crippen LogP contribution in [0.2, 0.25) is 0 Å². The molecule has 0 bridgehead atoms. The standard InChI is InChI=1S/C28H37BrO3/c1-17-13-22(27(3,4)5)25(23(14-17)28(6,7)8)32-26(30)24-18(2)21(24)16-31-15-19-9-11-20(29)12-10-19/h9-14,18,21,24H,15-16H2,1-8H3. The number of rotatable bonds is 6. The van der Waals surface area contributed by atoms with E-state index >= 15 is 0 Å². The molecule has 1 aliphatic rings. The van der Waals surface area contributed by atoms with Crippen LogP contribution < -0.4 is 4.74 Å². The van der Waals surface area contributed by atoms with E-state index in [1.54, 1.807) is 0 Å². The zero-order valence-electron chi connectivity index (χ0n) is 20.7. The fraction of sp³-hybridized carbons (Fsp3) is 0.536. The molecule has 0 heterocycles. The molecule has 3 unspecified atom stereocenters. The molecule has 0 aliphatic heterocycles. The van der Waals surface area contributed by atoms with Crippen LogP contribution in [0.3, 0.4) is 0 Å². The lowest BCUT2D eigenvalue weighted by Crippen LogP contribution is -2.23. The summed E-state index contributed by atoms with van der Waals surface area (Å²) in [5.74, 6) is 0.985. The minimum absolute atomic E-state index is 0.109. The first-order chi connectivity index (χ1) is 14.8. The number of benzene rings is 2. The van der Waals surface area contributed by atoms with E-state index in [0.717, 1.165) is 26.9 Å². The van der Waals surface area contributed by atoms with Crippen molar-refractivity contribution in [1.82, 2.24) is 0 Å². The molecule has 3 nitrogen and oxygen atoms in total. The molecular weight excluding hydrogens is 464 g/mol. The molecule has 1 fully saturated rings. The maximum Gasteiger partial charge on any atom is 0.315 e. The molecule has 174 valence electrons. The second kappa shape index (κ2) is 9.30. The van der Waals surface area contributed by atoms with Crippen molar-refractivity contribution in [3.8, 4) is 5.75 Å². The van der Waals surface area contributed by atoms with Gasteiger partial charge in [-0.05, 0) is 47.3 Å². The van der Waals surface area contributed by atoms with Gasteiger partial charge in [-0.3, -0.25) is 4.79 Å². The fourth-order valence-corrected chi connectivity index (χ4v) is 4.51. The zero-order valence-corrected chi connectivity index (χ0v) is 22.3. The van der Waals surface area contributed by atoms with E-state index < -0.39 is 0 Å². The number of halogens is 1. The highest BCUT2D eigenvalue weighted by Crippen LogP contribution is 2.48. The minimum atomic E-state index is -0.130. The Bertz CT molecular complexity index is 929. The van der Waals surface area contributed by atoms with Gasteiger partial charge in [0.2, 0.25) is 0 Å². The first-order valence-electron chi connectivity index (χ1n) is 11.5. The van der Waals surface area contributed by atoms with Crippen LogP contribution in [0.5, 0.6) is 5.75 Å². The topological polar surface area (TPSA) is 35.5 Å². The van der Waals surface area contributed by atoms with Crippen molar-refractivity contribution in [2.75, 3.05) is 6.61 Å². The van der Waals surface area contributed by atoms with Crippen molar-refractivity contribution in [2.45, 2.75) is 72.8 Å². The summed E-state index contributed by atoms with van der Waals surface area (Å²) < 4.78 is 13.2. The average Bonchev–Trinajstić information content (AvgIpc) is 3.32. The van der Waals surface area contributed by atoms with Gasteiger partial charge in [0.1, 0.15) is 5.75 Å². The average molecular weight is 502 g/mol. The van der Waals surface area contributed by atoms with Crippen LogP contribution in [-0.4, -0.2) is 12.6 Å². The highest BCUT2D eigenvalue weighted by molar-refractivity contribution is 9.10. The summed E-state index contributed by atoms with van der Waals surface area (Å²) in [6, 6.07) is 12.4. The van der Waals surface area contributed by atoms with E-state index in [1.807, 2.05) is 24.3 Å². The lowest BCUT2D eigenvalue weighted by Gasteiger charge is -2.30. The van der Waals surface area contributed by atoms with Crippen molar-refractivity contribution in [3.05, 3.63) is 63.1 Å². The van der Waals surface area contributed by atoms with E-state index in [4.69, 9.17) is 9.47 Å². The van der Waals surface area contributed by atoms with Gasteiger partial charge in [0.05, 0.1) is 19.1 Å². The Morgan fingerprint density at radius 2 is 1.50 bits per heavy atom. The molecule has 0 amide bonds. The lowest BCUT2D eigenvalue weighted by atomic mass is 9.78. The molecule has 1 saturated carbocycles. The molecule has 0 aromatic heterocycles. The molecule has 2 aromatic carbocycles. The molecular formula is C28H37BrO3. The van der Waals surface area contributed by atoms with Crippen LogP contribution in [0, 0.1) is 24.7 Å². The molecule has 3 rings (SSSR count). The van der Waals surface area contributed by atoms with E-state index in [9.17, 15) is 4.79 Å². The van der Waals surface area contributed by atoms with Crippen molar-refractivity contribution in [1.29, 1.82) is 0 Å². The van der Waals surface area contributed by atoms with Gasteiger partial charge in [-0.1, -0.05) is 94.2 Å². The highest BCUT2D eigenvalue weighted by Gasteiger charge is 2.53. The molecule has 1 aliphatic carbocycles. The van der Waals surface area contributed by atoms with Gasteiger partial charge in [-0.2, -0.15) is 0 Å². The van der Waals surface area contributed by atoms with Crippen LogP contribution >= 0.6 is 15.9 Å². The summed E-state index contributed by atoms with van der Waals surface area (Å²) >= 11 is 3.45. The Hall–Kier alpha value is -1.65. The monoisotopic (exact) mass is 500 g/mol. The van der Waals surface area contributed by atoms with E-state index in [2.05, 4.69) is 83.5 Å². The number of ether oxygens (including phenoxy) is 2. The maximum atomic E-state index is 13.2. The van der Waals surface area contributed by atoms with Gasteiger partial charge < -0.3 is 9.47 Å². The van der Waals surface area contributed by atoms with Crippen LogP contribution in [0.1, 0.15) is 70.7 Å². The van der Waals surface area contributed by atoms with Crippen LogP contribution in [0.15, 0.2) is 40.9 Å². The number of hydrogen-bond donors (Lipinski definition) is 0. The first kappa shape index (κ1) is 25.0. The van der Waals surface area contributed by atoms with Crippen molar-refractivity contribution < 1.29 is 14.3 Å². The Balaban J connectivity index is 1.72. The molecule has 4 heteroatoms. The number of hydrogen-bond acceptors (Lipinski definition) is 3. The molecule has 32 heavy (non-hydrogen) atoms. The van der Waals surface area contributed by atoms with Crippen molar-refractivity contribution in [3.63, 3.8) is 0 Å². The summed E-state index contributed by atoms with van der Waals surface area (Å²) in [5, 5.41) is 0. The Morgan fingerprint density at radius 1 is 0.969 bits per heavy atom. The van der Waals surface area contributed by atoms with Crippen LogP contribution in [-0.2, 0) is 27.0 Å². The van der Waals surface area contributed by atoms with Crippen molar-refractivity contribution >= 4 is 21.9 Å².